The summed E-state index contributed by atoms with van der Waals surface area (Å²) in [5, 5.41) is 3.15. The number of aromatic nitrogens is 3. The normalized spacial score (nSPS) is 13.8. The summed E-state index contributed by atoms with van der Waals surface area (Å²) < 4.78 is 35.0. The summed E-state index contributed by atoms with van der Waals surface area (Å²) in [4.78, 5) is 55.2. The summed E-state index contributed by atoms with van der Waals surface area (Å²) in [6.45, 7) is 0.427. The van der Waals surface area contributed by atoms with E-state index in [1.807, 2.05) is 0 Å². The van der Waals surface area contributed by atoms with Gasteiger partial charge in [-0.05, 0) is 24.3 Å². The number of hydrogen-bond donors (Lipinski definition) is 1. The number of carbonyl (C=O) groups excluding carboxylic acids is 3. The van der Waals surface area contributed by atoms with Gasteiger partial charge < -0.3 is 14.4 Å². The Kier molecular flexibility index (Phi) is 5.92. The Morgan fingerprint density at radius 1 is 0.944 bits per heavy atom. The topological polar surface area (TPSA) is 122 Å². The molecule has 2 amide bonds. The second kappa shape index (κ2) is 9.21. The number of benzene rings is 2. The first-order valence-corrected chi connectivity index (χ1v) is 11.0. The molecule has 184 valence electrons. The van der Waals surface area contributed by atoms with Crippen LogP contribution in [0.25, 0.3) is 10.9 Å². The van der Waals surface area contributed by atoms with E-state index in [9.17, 15) is 28.0 Å². The lowest BCUT2D eigenvalue weighted by molar-refractivity contribution is -0.127. The number of nitrogens with zero attached hydrogens (tertiary/aromatic N) is 4. The minimum absolute atomic E-state index is 0.0186. The molecule has 4 aromatic rings. The molecule has 36 heavy (non-hydrogen) atoms. The molecule has 1 N–H and O–H groups in total. The smallest absolute Gasteiger partial charge is 0.337 e. The predicted octanol–water partition coefficient (Wildman–Crippen LogP) is 1.81. The van der Waals surface area contributed by atoms with Crippen LogP contribution in [0.2, 0.25) is 0 Å². The summed E-state index contributed by atoms with van der Waals surface area (Å²) in [6, 6.07) is 10.5. The first-order valence-electron chi connectivity index (χ1n) is 11.0. The van der Waals surface area contributed by atoms with Crippen molar-refractivity contribution in [3.05, 3.63) is 87.8 Å². The van der Waals surface area contributed by atoms with Gasteiger partial charge in [0.15, 0.2) is 5.82 Å². The summed E-state index contributed by atoms with van der Waals surface area (Å²) >= 11 is 0. The molecule has 5 rings (SSSR count). The van der Waals surface area contributed by atoms with Crippen LogP contribution in [0, 0.1) is 11.6 Å². The molecule has 1 aliphatic rings. The lowest BCUT2D eigenvalue weighted by atomic mass is 10.1. The molecule has 0 unspecified atom stereocenters. The Morgan fingerprint density at radius 3 is 2.28 bits per heavy atom. The zero-order chi connectivity index (χ0) is 25.4. The van der Waals surface area contributed by atoms with Crippen LogP contribution in [0.5, 0.6) is 0 Å². The van der Waals surface area contributed by atoms with Crippen LogP contribution in [-0.2, 0) is 11.3 Å². The van der Waals surface area contributed by atoms with E-state index in [1.165, 1.54) is 9.47 Å². The van der Waals surface area contributed by atoms with Gasteiger partial charge in [-0.2, -0.15) is 0 Å². The van der Waals surface area contributed by atoms with Crippen LogP contribution in [-0.4, -0.2) is 68.3 Å². The average molecular weight is 495 g/mol. The van der Waals surface area contributed by atoms with Crippen LogP contribution in [0.1, 0.15) is 26.5 Å². The number of ketones is 1. The van der Waals surface area contributed by atoms with Gasteiger partial charge in [0.2, 0.25) is 0 Å². The number of piperazine rings is 1. The Labute approximate surface area is 201 Å². The number of amides is 2. The van der Waals surface area contributed by atoms with Gasteiger partial charge >= 0.3 is 5.76 Å². The summed E-state index contributed by atoms with van der Waals surface area (Å²) in [5.41, 5.74) is -0.0546. The Hall–Kier alpha value is -4.61. The van der Waals surface area contributed by atoms with E-state index in [0.717, 1.165) is 18.3 Å². The second-order valence-corrected chi connectivity index (χ2v) is 8.24. The van der Waals surface area contributed by atoms with Gasteiger partial charge in [-0.15, -0.1) is 0 Å². The van der Waals surface area contributed by atoms with E-state index in [1.54, 1.807) is 35.2 Å². The van der Waals surface area contributed by atoms with Crippen LogP contribution < -0.4 is 5.76 Å². The van der Waals surface area contributed by atoms with E-state index >= 15 is 0 Å². The third-order valence-corrected chi connectivity index (χ3v) is 6.04. The Balaban J connectivity index is 1.38. The fourth-order valence-electron chi connectivity index (χ4n) is 4.28. The van der Waals surface area contributed by atoms with Gasteiger partial charge in [0.25, 0.3) is 17.6 Å². The Bertz CT molecular complexity index is 1530. The largest absolute Gasteiger partial charge is 0.438 e. The van der Waals surface area contributed by atoms with Gasteiger partial charge in [0, 0.05) is 43.3 Å². The zero-order valence-corrected chi connectivity index (χ0v) is 18.7. The fourth-order valence-corrected chi connectivity index (χ4v) is 4.28. The third-order valence-electron chi connectivity index (χ3n) is 6.04. The first-order chi connectivity index (χ1) is 17.3. The monoisotopic (exact) mass is 495 g/mol. The summed E-state index contributed by atoms with van der Waals surface area (Å²) in [5.74, 6) is -4.60. The predicted molar refractivity (Wildman–Crippen MR) is 121 cm³/mol. The molecule has 12 heteroatoms. The molecular formula is C24H19F2N5O5. The minimum Gasteiger partial charge on any atom is -0.337 e. The Morgan fingerprint density at radius 2 is 1.61 bits per heavy atom. The van der Waals surface area contributed by atoms with Crippen molar-refractivity contribution in [2.45, 2.75) is 6.54 Å². The van der Waals surface area contributed by atoms with E-state index in [2.05, 4.69) is 14.7 Å². The van der Waals surface area contributed by atoms with Crippen LogP contribution in [0.15, 0.2) is 58.0 Å². The molecule has 1 aliphatic heterocycles. The second-order valence-electron chi connectivity index (χ2n) is 8.24. The molecule has 0 aliphatic carbocycles. The quantitative estimate of drug-likeness (QED) is 0.333. The molecule has 2 aromatic carbocycles. The molecule has 0 bridgehead atoms. The van der Waals surface area contributed by atoms with Crippen LogP contribution >= 0.6 is 0 Å². The fraction of sp³-hybridized carbons (Fsp3) is 0.208. The van der Waals surface area contributed by atoms with Crippen molar-refractivity contribution in [3.63, 3.8) is 0 Å². The van der Waals surface area contributed by atoms with Crippen molar-refractivity contribution in [1.82, 2.24) is 24.5 Å². The van der Waals surface area contributed by atoms with Gasteiger partial charge in [-0.3, -0.25) is 23.9 Å². The van der Waals surface area contributed by atoms with Gasteiger partial charge in [0.1, 0.15) is 11.6 Å². The van der Waals surface area contributed by atoms with Crippen LogP contribution in [0.4, 0.5) is 8.78 Å². The molecule has 0 radical (unpaired) electrons. The van der Waals surface area contributed by atoms with Gasteiger partial charge in [-0.25, -0.2) is 13.6 Å². The maximum atomic E-state index is 14.8. The average Bonchev–Trinajstić information content (AvgIpc) is 3.49. The summed E-state index contributed by atoms with van der Waals surface area (Å²) in [6.07, 6.45) is 1.15. The van der Waals surface area contributed by atoms with Crippen LogP contribution in [0.3, 0.4) is 0 Å². The third kappa shape index (κ3) is 4.17. The highest BCUT2D eigenvalue weighted by atomic mass is 19.1. The molecule has 0 saturated carbocycles. The van der Waals surface area contributed by atoms with E-state index < -0.39 is 29.1 Å². The lowest BCUT2D eigenvalue weighted by Gasteiger charge is -2.34. The van der Waals surface area contributed by atoms with Crippen molar-refractivity contribution in [2.24, 2.45) is 0 Å². The van der Waals surface area contributed by atoms with Crippen molar-refractivity contribution in [3.8, 4) is 0 Å². The molecule has 2 aromatic heterocycles. The molecule has 0 spiro atoms. The molecule has 1 saturated heterocycles. The number of Topliss-reactive ketones (excluding diaryl/α,β-unsaturated/α-hetero) is 1. The number of hydrogen-bond acceptors (Lipinski definition) is 6. The number of nitrogens with one attached hydrogen (secondary N) is 1. The highest BCUT2D eigenvalue weighted by Crippen LogP contribution is 2.28. The number of halogens is 2. The molecule has 1 fully saturated rings. The zero-order valence-electron chi connectivity index (χ0n) is 18.7. The molecule has 3 heterocycles. The van der Waals surface area contributed by atoms with E-state index in [-0.39, 0.29) is 60.9 Å². The number of fused-ring (bicyclic) bond motifs is 1. The standard InChI is InChI=1S/C24H19F2N5O5/c25-16-6-7-17(26)20-19(16)15(12-31(20)13-18-27-24(35)36-28-18)21(32)23(34)30-10-8-29(9-11-30)22(33)14-4-2-1-3-5-14/h1-7,12H,8-11,13H2,(H,27,28,35). The van der Waals surface area contributed by atoms with E-state index in [0.29, 0.717) is 5.56 Å². The van der Waals surface area contributed by atoms with Gasteiger partial charge in [0.05, 0.1) is 17.6 Å². The highest BCUT2D eigenvalue weighted by Gasteiger charge is 2.32. The van der Waals surface area contributed by atoms with Crippen molar-refractivity contribution in [1.29, 1.82) is 0 Å². The summed E-state index contributed by atoms with van der Waals surface area (Å²) in [7, 11) is 0. The van der Waals surface area contributed by atoms with Crippen molar-refractivity contribution < 1.29 is 27.7 Å². The maximum absolute atomic E-state index is 14.8. The number of aromatic amines is 1. The highest BCUT2D eigenvalue weighted by molar-refractivity contribution is 6.45. The number of rotatable bonds is 5. The molecule has 0 atom stereocenters. The SMILES string of the molecule is O=C(C(=O)N1CCN(C(=O)c2ccccc2)CC1)c1cn(Cc2noc(=O)[nH]2)c2c(F)ccc(F)c12. The minimum atomic E-state index is -1.01. The van der Waals surface area contributed by atoms with Gasteiger partial charge in [-0.1, -0.05) is 23.4 Å². The van der Waals surface area contributed by atoms with E-state index in [4.69, 9.17) is 0 Å². The first kappa shape index (κ1) is 23.1. The maximum Gasteiger partial charge on any atom is 0.438 e. The lowest BCUT2D eigenvalue weighted by Crippen LogP contribution is -2.52. The molecule has 10 nitrogen and oxygen atoms in total. The van der Waals surface area contributed by atoms with Crippen molar-refractivity contribution >= 4 is 28.5 Å². The number of carbonyl (C=O) groups is 3. The van der Waals surface area contributed by atoms with Crippen molar-refractivity contribution in [2.75, 3.05) is 26.2 Å². The number of H-pyrrole nitrogens is 1. The molecular weight excluding hydrogens is 476 g/mol.